The summed E-state index contributed by atoms with van der Waals surface area (Å²) in [6, 6.07) is 7.46. The van der Waals surface area contributed by atoms with E-state index in [1.807, 2.05) is 52.0 Å². The molecule has 0 radical (unpaired) electrons. The van der Waals surface area contributed by atoms with E-state index in [2.05, 4.69) is 10.4 Å². The lowest BCUT2D eigenvalue weighted by Gasteiger charge is -2.69. The van der Waals surface area contributed by atoms with Crippen molar-refractivity contribution in [3.8, 4) is 5.69 Å². The van der Waals surface area contributed by atoms with Gasteiger partial charge in [0, 0.05) is 16.0 Å². The van der Waals surface area contributed by atoms with Gasteiger partial charge in [0.25, 0.3) is 0 Å². The summed E-state index contributed by atoms with van der Waals surface area (Å²) in [5, 5.41) is 13.0. The van der Waals surface area contributed by atoms with Gasteiger partial charge in [-0.15, -0.1) is 0 Å². The fourth-order valence-corrected chi connectivity index (χ4v) is 4.38. The Kier molecular flexibility index (Phi) is 3.64. The van der Waals surface area contributed by atoms with Crippen molar-refractivity contribution in [2.24, 2.45) is 0 Å². The lowest BCUT2D eigenvalue weighted by Crippen LogP contribution is -2.77. The Morgan fingerprint density at radius 3 is 2.38 bits per heavy atom. The summed E-state index contributed by atoms with van der Waals surface area (Å²) in [4.78, 5) is 13.7. The Labute approximate surface area is 157 Å². The van der Waals surface area contributed by atoms with Crippen molar-refractivity contribution < 1.29 is 9.53 Å². The maximum atomic E-state index is 12.0. The van der Waals surface area contributed by atoms with Gasteiger partial charge in [-0.2, -0.15) is 15.0 Å². The van der Waals surface area contributed by atoms with Crippen molar-refractivity contribution in [3.63, 3.8) is 0 Å². The summed E-state index contributed by atoms with van der Waals surface area (Å²) in [5.74, 6) is 0. The quantitative estimate of drug-likeness (QED) is 0.883. The van der Waals surface area contributed by atoms with E-state index in [0.717, 1.165) is 36.3 Å². The van der Waals surface area contributed by atoms with Crippen molar-refractivity contribution in [1.82, 2.24) is 20.3 Å². The van der Waals surface area contributed by atoms with Crippen molar-refractivity contribution in [2.45, 2.75) is 63.5 Å². The van der Waals surface area contributed by atoms with Crippen LogP contribution in [-0.2, 0) is 10.2 Å². The molecule has 1 amide bonds. The first kappa shape index (κ1) is 17.3. The fourth-order valence-electron chi connectivity index (χ4n) is 4.25. The zero-order chi connectivity index (χ0) is 18.7. The number of nitrogens with zero attached hydrogens (tertiary/aromatic N) is 3. The number of ether oxygens (including phenoxy) is 1. The van der Waals surface area contributed by atoms with Gasteiger partial charge in [-0.1, -0.05) is 11.6 Å². The van der Waals surface area contributed by atoms with Gasteiger partial charge >= 0.3 is 6.09 Å². The third kappa shape index (κ3) is 2.86. The summed E-state index contributed by atoms with van der Waals surface area (Å²) < 4.78 is 5.37. The Bertz CT molecular complexity index is 847. The van der Waals surface area contributed by atoms with Crippen LogP contribution in [0.25, 0.3) is 5.69 Å². The van der Waals surface area contributed by atoms with Gasteiger partial charge in [0.1, 0.15) is 5.60 Å². The molecule has 1 heterocycles. The standard InChI is InChI=1S/C19H23ClN4O2/c1-12-15(23-24(22-12)14-7-5-13(20)6-8-14)18-9-19(10-18,11-18)21-16(25)26-17(2,3)4/h5-8H,9-11H2,1-4H3,(H,21,25). The summed E-state index contributed by atoms with van der Waals surface area (Å²) in [7, 11) is 0. The van der Waals surface area contributed by atoms with Gasteiger partial charge in [-0.05, 0) is 71.2 Å². The van der Waals surface area contributed by atoms with Gasteiger partial charge in [-0.3, -0.25) is 0 Å². The molecule has 2 aromatic rings. The van der Waals surface area contributed by atoms with E-state index >= 15 is 0 Å². The molecular formula is C19H23ClN4O2. The number of carbonyl (C=O) groups is 1. The molecule has 0 atom stereocenters. The number of benzene rings is 1. The number of aromatic nitrogens is 3. The highest BCUT2D eigenvalue weighted by Crippen LogP contribution is 2.67. The molecule has 26 heavy (non-hydrogen) atoms. The lowest BCUT2D eigenvalue weighted by molar-refractivity contribution is -0.0913. The van der Waals surface area contributed by atoms with E-state index in [0.29, 0.717) is 5.02 Å². The van der Waals surface area contributed by atoms with E-state index in [1.54, 1.807) is 4.80 Å². The highest BCUT2D eigenvalue weighted by Gasteiger charge is 2.71. The van der Waals surface area contributed by atoms with Crippen LogP contribution < -0.4 is 5.32 Å². The molecule has 3 aliphatic carbocycles. The zero-order valence-corrected chi connectivity index (χ0v) is 16.2. The van der Waals surface area contributed by atoms with Gasteiger partial charge in [-0.25, -0.2) is 4.79 Å². The second kappa shape index (κ2) is 5.46. The number of hydrogen-bond acceptors (Lipinski definition) is 4. The van der Waals surface area contributed by atoms with Crippen LogP contribution in [-0.4, -0.2) is 32.2 Å². The minimum atomic E-state index is -0.483. The predicted molar refractivity (Wildman–Crippen MR) is 98.7 cm³/mol. The molecule has 3 fully saturated rings. The maximum absolute atomic E-state index is 12.0. The third-order valence-electron chi connectivity index (χ3n) is 5.14. The van der Waals surface area contributed by atoms with Gasteiger partial charge < -0.3 is 10.1 Å². The largest absolute Gasteiger partial charge is 0.444 e. The van der Waals surface area contributed by atoms with E-state index in [9.17, 15) is 4.79 Å². The fraction of sp³-hybridized carbons (Fsp3) is 0.526. The molecule has 138 valence electrons. The molecule has 1 aromatic heterocycles. The molecule has 3 aliphatic rings. The number of carbonyl (C=O) groups excluding carboxylic acids is 1. The number of alkyl carbamates (subject to hydrolysis) is 1. The number of nitrogens with one attached hydrogen (secondary N) is 1. The Morgan fingerprint density at radius 2 is 1.81 bits per heavy atom. The summed E-state index contributed by atoms with van der Waals surface area (Å²) in [6.45, 7) is 7.60. The predicted octanol–water partition coefficient (Wildman–Crippen LogP) is 3.93. The highest BCUT2D eigenvalue weighted by molar-refractivity contribution is 6.30. The number of hydrogen-bond donors (Lipinski definition) is 1. The van der Waals surface area contributed by atoms with Crippen molar-refractivity contribution in [1.29, 1.82) is 0 Å². The van der Waals surface area contributed by atoms with Gasteiger partial charge in [0.15, 0.2) is 0 Å². The Balaban J connectivity index is 1.45. The molecule has 2 bridgehead atoms. The molecule has 0 unspecified atom stereocenters. The second-order valence-corrected chi connectivity index (χ2v) is 9.05. The van der Waals surface area contributed by atoms with Crippen LogP contribution in [0.5, 0.6) is 0 Å². The monoisotopic (exact) mass is 374 g/mol. The maximum Gasteiger partial charge on any atom is 0.408 e. The van der Waals surface area contributed by atoms with Crippen molar-refractivity contribution in [2.75, 3.05) is 0 Å². The Hall–Kier alpha value is -2.08. The molecule has 7 heteroatoms. The molecule has 0 saturated heterocycles. The molecule has 6 nitrogen and oxygen atoms in total. The lowest BCUT2D eigenvalue weighted by atomic mass is 9.38. The normalized spacial score (nSPS) is 26.7. The second-order valence-electron chi connectivity index (χ2n) is 8.62. The smallest absolute Gasteiger partial charge is 0.408 e. The minimum absolute atomic E-state index is 0.0315. The molecule has 5 rings (SSSR count). The Morgan fingerprint density at radius 1 is 1.19 bits per heavy atom. The van der Waals surface area contributed by atoms with E-state index in [1.165, 1.54) is 0 Å². The van der Waals surface area contributed by atoms with Crippen LogP contribution >= 0.6 is 11.6 Å². The third-order valence-corrected chi connectivity index (χ3v) is 5.39. The number of aryl methyl sites for hydroxylation is 1. The van der Waals surface area contributed by atoms with Gasteiger partial charge in [0.2, 0.25) is 0 Å². The summed E-state index contributed by atoms with van der Waals surface area (Å²) in [6.07, 6.45) is 2.32. The highest BCUT2D eigenvalue weighted by atomic mass is 35.5. The van der Waals surface area contributed by atoms with Crippen LogP contribution in [0.15, 0.2) is 24.3 Å². The first-order chi connectivity index (χ1) is 12.1. The first-order valence-electron chi connectivity index (χ1n) is 8.81. The average Bonchev–Trinajstić information content (AvgIpc) is 2.82. The topological polar surface area (TPSA) is 69.0 Å². The summed E-state index contributed by atoms with van der Waals surface area (Å²) >= 11 is 5.95. The van der Waals surface area contributed by atoms with Crippen molar-refractivity contribution in [3.05, 3.63) is 40.7 Å². The minimum Gasteiger partial charge on any atom is -0.444 e. The SMILES string of the molecule is Cc1nn(-c2ccc(Cl)cc2)nc1C12CC(NC(=O)OC(C)(C)C)(C1)C2. The van der Waals surface area contributed by atoms with Crippen LogP contribution in [0.3, 0.4) is 0 Å². The zero-order valence-electron chi connectivity index (χ0n) is 15.5. The first-order valence-corrected chi connectivity index (χ1v) is 9.19. The van der Waals surface area contributed by atoms with Gasteiger partial charge in [0.05, 0.1) is 17.1 Å². The molecule has 0 spiro atoms. The molecule has 1 aromatic carbocycles. The van der Waals surface area contributed by atoms with Crippen molar-refractivity contribution >= 4 is 17.7 Å². The number of halogens is 1. The van der Waals surface area contributed by atoms with Crippen LogP contribution in [0.1, 0.15) is 51.4 Å². The number of rotatable bonds is 3. The van der Waals surface area contributed by atoms with Crippen LogP contribution in [0.2, 0.25) is 5.02 Å². The average molecular weight is 375 g/mol. The number of amides is 1. The van der Waals surface area contributed by atoms with E-state index < -0.39 is 5.60 Å². The molecule has 3 saturated carbocycles. The van der Waals surface area contributed by atoms with E-state index in [-0.39, 0.29) is 17.0 Å². The van der Waals surface area contributed by atoms with Crippen LogP contribution in [0.4, 0.5) is 4.79 Å². The van der Waals surface area contributed by atoms with E-state index in [4.69, 9.17) is 21.4 Å². The molecule has 0 aliphatic heterocycles. The molecule has 1 N–H and O–H groups in total. The molecular weight excluding hydrogens is 352 g/mol. The van der Waals surface area contributed by atoms with Crippen LogP contribution in [0, 0.1) is 6.92 Å². The summed E-state index contributed by atoms with van der Waals surface area (Å²) in [5.41, 5.74) is 2.26.